The van der Waals surface area contributed by atoms with Gasteiger partial charge in [-0.3, -0.25) is 4.90 Å². The summed E-state index contributed by atoms with van der Waals surface area (Å²) in [6, 6.07) is 8.36. The number of nitrogens with one attached hydrogen (secondary N) is 1. The molecule has 0 unspecified atom stereocenters. The van der Waals surface area contributed by atoms with E-state index in [9.17, 15) is 26.3 Å². The first-order valence-corrected chi connectivity index (χ1v) is 9.50. The van der Waals surface area contributed by atoms with Gasteiger partial charge in [-0.1, -0.05) is 28.1 Å². The minimum Gasteiger partial charge on any atom is -0.406 e. The summed E-state index contributed by atoms with van der Waals surface area (Å²) < 4.78 is 81.3. The molecular weight excluding hydrogens is 537 g/mol. The first kappa shape index (κ1) is 27.8. The predicted octanol–water partition coefficient (Wildman–Crippen LogP) is 6.20. The summed E-state index contributed by atoms with van der Waals surface area (Å²) in [5.74, 6) is -0.384. The molecule has 3 rings (SSSR count). The largest absolute Gasteiger partial charge is 0.573 e. The molecule has 1 fully saturated rings. The summed E-state index contributed by atoms with van der Waals surface area (Å²) in [6.07, 6.45) is -9.33. The van der Waals surface area contributed by atoms with E-state index in [-0.39, 0.29) is 35.0 Å². The van der Waals surface area contributed by atoms with Crippen LogP contribution in [0, 0.1) is 0 Å². The van der Waals surface area contributed by atoms with Crippen LogP contribution in [0.4, 0.5) is 26.3 Å². The Balaban J connectivity index is 0.00000240. The number of alkyl halides is 6. The third-order valence-electron chi connectivity index (χ3n) is 4.51. The van der Waals surface area contributed by atoms with Crippen LogP contribution in [-0.4, -0.2) is 37.4 Å². The van der Waals surface area contributed by atoms with Gasteiger partial charge in [0, 0.05) is 30.7 Å². The number of nitrogens with zero attached hydrogens (tertiary/aromatic N) is 1. The summed E-state index contributed by atoms with van der Waals surface area (Å²) >= 11 is 3.14. The fourth-order valence-corrected chi connectivity index (χ4v) is 3.85. The Morgan fingerprint density at radius 3 is 1.97 bits per heavy atom. The maximum absolute atomic E-state index is 13.3. The Kier molecular flexibility index (Phi) is 9.96. The van der Waals surface area contributed by atoms with Crippen molar-refractivity contribution in [3.05, 3.63) is 63.6 Å². The molecule has 0 aliphatic carbocycles. The van der Waals surface area contributed by atoms with E-state index in [2.05, 4.69) is 26.0 Å². The Hall–Kier alpha value is -1.20. The van der Waals surface area contributed by atoms with Crippen LogP contribution in [0.3, 0.4) is 0 Å². The monoisotopic (exact) mass is 554 g/mol. The summed E-state index contributed by atoms with van der Waals surface area (Å²) in [5, 5.41) is 3.18. The molecule has 174 valence electrons. The van der Waals surface area contributed by atoms with Crippen molar-refractivity contribution in [2.45, 2.75) is 18.6 Å². The molecule has 1 aliphatic heterocycles. The molecule has 0 radical (unpaired) electrons. The topological polar surface area (TPSA) is 24.5 Å². The normalized spacial score (nSPS) is 16.1. The highest BCUT2D eigenvalue weighted by Crippen LogP contribution is 2.37. The lowest BCUT2D eigenvalue weighted by atomic mass is 9.95. The quantitative estimate of drug-likeness (QED) is 0.454. The smallest absolute Gasteiger partial charge is 0.406 e. The maximum Gasteiger partial charge on any atom is 0.573 e. The third-order valence-corrected chi connectivity index (χ3v) is 4.97. The van der Waals surface area contributed by atoms with Gasteiger partial charge in [0.25, 0.3) is 0 Å². The van der Waals surface area contributed by atoms with Gasteiger partial charge in [-0.05, 0) is 41.5 Å². The molecule has 1 aliphatic rings. The Bertz CT molecular complexity index is 843. The second-order valence-electron chi connectivity index (χ2n) is 6.58. The Morgan fingerprint density at radius 1 is 0.871 bits per heavy atom. The predicted molar refractivity (Wildman–Crippen MR) is 113 cm³/mol. The van der Waals surface area contributed by atoms with Crippen LogP contribution in [0.5, 0.6) is 5.75 Å². The van der Waals surface area contributed by atoms with Crippen molar-refractivity contribution in [2.75, 3.05) is 26.2 Å². The molecule has 0 amide bonds. The molecule has 2 aromatic rings. The summed E-state index contributed by atoms with van der Waals surface area (Å²) in [4.78, 5) is 2.00. The van der Waals surface area contributed by atoms with Gasteiger partial charge in [-0.15, -0.1) is 38.0 Å². The lowest BCUT2D eigenvalue weighted by Gasteiger charge is -2.36. The van der Waals surface area contributed by atoms with E-state index in [1.807, 2.05) is 4.90 Å². The highest BCUT2D eigenvalue weighted by molar-refractivity contribution is 9.10. The van der Waals surface area contributed by atoms with E-state index >= 15 is 0 Å². The Labute approximate surface area is 196 Å². The molecule has 1 heterocycles. The number of piperazine rings is 1. The summed E-state index contributed by atoms with van der Waals surface area (Å²) in [7, 11) is 0. The van der Waals surface area contributed by atoms with Crippen molar-refractivity contribution in [3.63, 3.8) is 0 Å². The second kappa shape index (κ2) is 11.1. The van der Waals surface area contributed by atoms with Gasteiger partial charge in [0.05, 0.1) is 11.6 Å². The van der Waals surface area contributed by atoms with Gasteiger partial charge in [0.1, 0.15) is 5.75 Å². The SMILES string of the molecule is Cl.Cl.FC(F)(F)Oc1ccc([C@@H](c2cc(Br)cc(C(F)(F)F)c2)N2CCNCC2)cc1. The van der Waals surface area contributed by atoms with E-state index in [0.717, 1.165) is 12.1 Å². The Morgan fingerprint density at radius 2 is 1.45 bits per heavy atom. The van der Waals surface area contributed by atoms with E-state index in [1.54, 1.807) is 6.07 Å². The van der Waals surface area contributed by atoms with Crippen LogP contribution in [0.25, 0.3) is 0 Å². The van der Waals surface area contributed by atoms with Crippen LogP contribution in [0.15, 0.2) is 46.9 Å². The van der Waals surface area contributed by atoms with Crippen molar-refractivity contribution in [1.82, 2.24) is 10.2 Å². The number of rotatable bonds is 4. The minimum absolute atomic E-state index is 0. The number of halogens is 9. The molecule has 3 nitrogen and oxygen atoms in total. The third kappa shape index (κ3) is 7.71. The molecule has 0 aromatic heterocycles. The van der Waals surface area contributed by atoms with E-state index in [1.165, 1.54) is 24.3 Å². The van der Waals surface area contributed by atoms with Crippen LogP contribution < -0.4 is 10.1 Å². The molecule has 1 atom stereocenters. The van der Waals surface area contributed by atoms with Crippen LogP contribution in [0.1, 0.15) is 22.7 Å². The second-order valence-corrected chi connectivity index (χ2v) is 7.49. The lowest BCUT2D eigenvalue weighted by Crippen LogP contribution is -2.45. The van der Waals surface area contributed by atoms with Crippen molar-refractivity contribution < 1.29 is 31.1 Å². The van der Waals surface area contributed by atoms with Crippen LogP contribution in [0.2, 0.25) is 0 Å². The highest BCUT2D eigenvalue weighted by atomic mass is 79.9. The van der Waals surface area contributed by atoms with Gasteiger partial charge >= 0.3 is 12.5 Å². The highest BCUT2D eigenvalue weighted by Gasteiger charge is 2.34. The molecule has 0 saturated carbocycles. The number of hydrogen-bond acceptors (Lipinski definition) is 3. The number of benzene rings is 2. The zero-order valence-corrected chi connectivity index (χ0v) is 19.0. The van der Waals surface area contributed by atoms with Gasteiger partial charge < -0.3 is 10.1 Å². The van der Waals surface area contributed by atoms with Crippen molar-refractivity contribution >= 4 is 40.7 Å². The fraction of sp³-hybridized carbons (Fsp3) is 0.368. The minimum atomic E-state index is -4.81. The van der Waals surface area contributed by atoms with Gasteiger partial charge in [-0.2, -0.15) is 13.2 Å². The van der Waals surface area contributed by atoms with Gasteiger partial charge in [-0.25, -0.2) is 0 Å². The van der Waals surface area contributed by atoms with Crippen molar-refractivity contribution in [3.8, 4) is 5.75 Å². The molecule has 12 heteroatoms. The molecule has 2 aromatic carbocycles. The van der Waals surface area contributed by atoms with Crippen molar-refractivity contribution in [1.29, 1.82) is 0 Å². The van der Waals surface area contributed by atoms with Crippen LogP contribution in [-0.2, 0) is 6.18 Å². The molecule has 0 spiro atoms. The number of hydrogen-bond donors (Lipinski definition) is 1. The van der Waals surface area contributed by atoms with E-state index < -0.39 is 24.1 Å². The fourth-order valence-electron chi connectivity index (χ4n) is 3.34. The lowest BCUT2D eigenvalue weighted by molar-refractivity contribution is -0.274. The standard InChI is InChI=1S/C19H17BrF6N2O.2ClH/c20-15-10-13(9-14(11-15)18(21,22)23)17(28-7-5-27-6-8-28)12-1-3-16(4-2-12)29-19(24,25)26;;/h1-4,9-11,17,27H,5-8H2;2*1H/t17-;;/m0../s1. The molecule has 0 bridgehead atoms. The first-order chi connectivity index (χ1) is 13.5. The van der Waals surface area contributed by atoms with Crippen LogP contribution >= 0.6 is 40.7 Å². The number of ether oxygens (including phenoxy) is 1. The summed E-state index contributed by atoms with van der Waals surface area (Å²) in [6.45, 7) is 2.48. The van der Waals surface area contributed by atoms with Gasteiger partial charge in [0.15, 0.2) is 0 Å². The molecule has 31 heavy (non-hydrogen) atoms. The average Bonchev–Trinajstić information content (AvgIpc) is 2.62. The average molecular weight is 556 g/mol. The van der Waals surface area contributed by atoms with Gasteiger partial charge in [0.2, 0.25) is 0 Å². The first-order valence-electron chi connectivity index (χ1n) is 8.71. The molecule has 1 N–H and O–H groups in total. The summed E-state index contributed by atoms with van der Waals surface area (Å²) in [5.41, 5.74) is 0.185. The zero-order valence-electron chi connectivity index (χ0n) is 15.8. The maximum atomic E-state index is 13.3. The van der Waals surface area contributed by atoms with E-state index in [0.29, 0.717) is 37.3 Å². The molecular formula is C19H19BrCl2F6N2O. The van der Waals surface area contributed by atoms with E-state index in [4.69, 9.17) is 0 Å². The zero-order chi connectivity index (χ0) is 21.2. The van der Waals surface area contributed by atoms with Crippen molar-refractivity contribution in [2.24, 2.45) is 0 Å². The molecule has 1 saturated heterocycles.